The molecule has 54 valence electrons. The molecule has 0 bridgehead atoms. The molecule has 1 saturated carbocycles. The second-order valence-electron chi connectivity index (χ2n) is 3.32. The Balaban J connectivity index is 2.45. The van der Waals surface area contributed by atoms with Crippen molar-refractivity contribution in [3.8, 4) is 0 Å². The van der Waals surface area contributed by atoms with Crippen LogP contribution < -0.4 is 5.73 Å². The third kappa shape index (κ3) is 0.864. The molecule has 2 nitrogen and oxygen atoms in total. The maximum atomic E-state index is 5.50. The van der Waals surface area contributed by atoms with Gasteiger partial charge in [-0.3, -0.25) is 0 Å². The van der Waals surface area contributed by atoms with Gasteiger partial charge in [0, 0.05) is 13.0 Å². The quantitative estimate of drug-likeness (QED) is 0.593. The van der Waals surface area contributed by atoms with E-state index in [-0.39, 0.29) is 0 Å². The zero-order valence-corrected chi connectivity index (χ0v) is 6.35. The predicted molar refractivity (Wildman–Crippen MR) is 37.1 cm³/mol. The molecule has 9 heavy (non-hydrogen) atoms. The highest BCUT2D eigenvalue weighted by atomic mass is 16.5. The summed E-state index contributed by atoms with van der Waals surface area (Å²) in [6, 6.07) is 0. The van der Waals surface area contributed by atoms with Crippen LogP contribution in [0.5, 0.6) is 0 Å². The van der Waals surface area contributed by atoms with Crippen molar-refractivity contribution in [1.29, 1.82) is 0 Å². The third-order valence-corrected chi connectivity index (χ3v) is 2.45. The summed E-state index contributed by atoms with van der Waals surface area (Å²) in [5.74, 6) is 0.586. The Hall–Kier alpha value is -0.0800. The number of methoxy groups -OCH3 is 1. The van der Waals surface area contributed by atoms with Crippen LogP contribution in [0.2, 0.25) is 0 Å². The molecule has 1 aliphatic carbocycles. The van der Waals surface area contributed by atoms with Crippen molar-refractivity contribution in [2.24, 2.45) is 17.1 Å². The van der Waals surface area contributed by atoms with E-state index in [1.165, 1.54) is 0 Å². The Morgan fingerprint density at radius 2 is 2.11 bits per heavy atom. The first-order chi connectivity index (χ1) is 4.14. The summed E-state index contributed by atoms with van der Waals surface area (Å²) < 4.78 is 5.20. The summed E-state index contributed by atoms with van der Waals surface area (Å²) in [4.78, 5) is 0. The molecule has 2 heteroatoms. The normalized spacial score (nSPS) is 38.7. The van der Waals surface area contributed by atoms with Crippen LogP contribution in [-0.4, -0.2) is 19.8 Å². The molecule has 2 atom stereocenters. The first-order valence-corrected chi connectivity index (χ1v) is 3.37. The van der Waals surface area contributed by atoms with Crippen molar-refractivity contribution in [3.63, 3.8) is 0 Å². The first-order valence-electron chi connectivity index (χ1n) is 3.37. The molecule has 1 aliphatic rings. The minimum absolute atomic E-state index is 0.337. The molecule has 0 radical (unpaired) electrons. The van der Waals surface area contributed by atoms with E-state index in [2.05, 4.69) is 13.8 Å². The Bertz CT molecular complexity index is 99.5. The Morgan fingerprint density at radius 1 is 1.56 bits per heavy atom. The van der Waals surface area contributed by atoms with Crippen molar-refractivity contribution >= 4 is 0 Å². The molecule has 1 fully saturated rings. The minimum Gasteiger partial charge on any atom is -0.381 e. The van der Waals surface area contributed by atoms with Gasteiger partial charge in [-0.2, -0.15) is 0 Å². The number of hydrogen-bond donors (Lipinski definition) is 1. The van der Waals surface area contributed by atoms with Crippen LogP contribution in [0.15, 0.2) is 0 Å². The number of hydrogen-bond acceptors (Lipinski definition) is 2. The van der Waals surface area contributed by atoms with Crippen LogP contribution >= 0.6 is 0 Å². The Kier molecular flexibility index (Phi) is 1.53. The van der Waals surface area contributed by atoms with Crippen LogP contribution in [0.1, 0.15) is 13.8 Å². The monoisotopic (exact) mass is 129 g/mol. The standard InChI is InChI=1S/C7H15NO/c1-7(2)5(4-8)6(7)9-3/h5-6H,4,8H2,1-3H3. The van der Waals surface area contributed by atoms with E-state index < -0.39 is 0 Å². The highest BCUT2D eigenvalue weighted by Crippen LogP contribution is 2.52. The van der Waals surface area contributed by atoms with Gasteiger partial charge in [0.2, 0.25) is 0 Å². The van der Waals surface area contributed by atoms with Crippen LogP contribution in [0.3, 0.4) is 0 Å². The topological polar surface area (TPSA) is 35.2 Å². The predicted octanol–water partition coefficient (Wildman–Crippen LogP) is 0.616. The Labute approximate surface area is 56.4 Å². The lowest BCUT2D eigenvalue weighted by Gasteiger charge is -1.97. The average molecular weight is 129 g/mol. The van der Waals surface area contributed by atoms with Crippen molar-refractivity contribution in [2.75, 3.05) is 13.7 Å². The summed E-state index contributed by atoms with van der Waals surface area (Å²) in [7, 11) is 1.75. The van der Waals surface area contributed by atoms with Gasteiger partial charge in [0.1, 0.15) is 0 Å². The summed E-state index contributed by atoms with van der Waals surface area (Å²) in [6.45, 7) is 5.14. The molecular formula is C7H15NO. The summed E-state index contributed by atoms with van der Waals surface area (Å²) in [6.07, 6.45) is 0.405. The smallest absolute Gasteiger partial charge is 0.0672 e. The molecule has 0 aromatic heterocycles. The lowest BCUT2D eigenvalue weighted by atomic mass is 10.1. The first kappa shape index (κ1) is 7.03. The average Bonchev–Trinajstić information content (AvgIpc) is 2.32. The minimum atomic E-state index is 0.337. The molecule has 2 unspecified atom stereocenters. The van der Waals surface area contributed by atoms with E-state index >= 15 is 0 Å². The van der Waals surface area contributed by atoms with Gasteiger partial charge < -0.3 is 10.5 Å². The molecular weight excluding hydrogens is 114 g/mol. The highest BCUT2D eigenvalue weighted by Gasteiger charge is 2.57. The number of nitrogens with two attached hydrogens (primary N) is 1. The molecule has 0 saturated heterocycles. The van der Waals surface area contributed by atoms with Gasteiger partial charge in [-0.15, -0.1) is 0 Å². The number of rotatable bonds is 2. The fourth-order valence-corrected chi connectivity index (χ4v) is 1.59. The van der Waals surface area contributed by atoms with E-state index in [4.69, 9.17) is 10.5 Å². The maximum Gasteiger partial charge on any atom is 0.0672 e. The summed E-state index contributed by atoms with van der Waals surface area (Å²) in [5, 5.41) is 0. The zero-order chi connectivity index (χ0) is 7.07. The summed E-state index contributed by atoms with van der Waals surface area (Å²) >= 11 is 0. The van der Waals surface area contributed by atoms with Gasteiger partial charge in [-0.05, 0) is 12.0 Å². The number of ether oxygens (including phenoxy) is 1. The molecule has 0 heterocycles. The highest BCUT2D eigenvalue weighted by molar-refractivity contribution is 5.07. The second kappa shape index (κ2) is 1.96. The molecule has 0 amide bonds. The van der Waals surface area contributed by atoms with E-state index in [9.17, 15) is 0 Å². The fraction of sp³-hybridized carbons (Fsp3) is 1.00. The van der Waals surface area contributed by atoms with Gasteiger partial charge in [0.15, 0.2) is 0 Å². The Morgan fingerprint density at radius 3 is 2.22 bits per heavy atom. The molecule has 0 aromatic rings. The van der Waals surface area contributed by atoms with Gasteiger partial charge in [0.25, 0.3) is 0 Å². The maximum absolute atomic E-state index is 5.50. The van der Waals surface area contributed by atoms with E-state index in [1.807, 2.05) is 0 Å². The van der Waals surface area contributed by atoms with Crippen LogP contribution in [0.4, 0.5) is 0 Å². The van der Waals surface area contributed by atoms with Crippen molar-refractivity contribution < 1.29 is 4.74 Å². The fourth-order valence-electron chi connectivity index (χ4n) is 1.59. The summed E-state index contributed by atoms with van der Waals surface area (Å²) in [5.41, 5.74) is 5.83. The zero-order valence-electron chi connectivity index (χ0n) is 6.35. The van der Waals surface area contributed by atoms with E-state index in [0.717, 1.165) is 6.54 Å². The van der Waals surface area contributed by atoms with Crippen molar-refractivity contribution in [2.45, 2.75) is 20.0 Å². The van der Waals surface area contributed by atoms with Crippen LogP contribution in [-0.2, 0) is 4.74 Å². The second-order valence-corrected chi connectivity index (χ2v) is 3.32. The van der Waals surface area contributed by atoms with Gasteiger partial charge in [-0.1, -0.05) is 13.8 Å². The van der Waals surface area contributed by atoms with E-state index in [0.29, 0.717) is 17.4 Å². The largest absolute Gasteiger partial charge is 0.381 e. The molecule has 0 aromatic carbocycles. The third-order valence-electron chi connectivity index (χ3n) is 2.45. The molecule has 0 aliphatic heterocycles. The molecule has 1 rings (SSSR count). The van der Waals surface area contributed by atoms with Gasteiger partial charge >= 0.3 is 0 Å². The van der Waals surface area contributed by atoms with Gasteiger partial charge in [-0.25, -0.2) is 0 Å². The van der Waals surface area contributed by atoms with E-state index in [1.54, 1.807) is 7.11 Å². The van der Waals surface area contributed by atoms with Crippen molar-refractivity contribution in [1.82, 2.24) is 0 Å². The van der Waals surface area contributed by atoms with Crippen molar-refractivity contribution in [3.05, 3.63) is 0 Å². The lowest BCUT2D eigenvalue weighted by molar-refractivity contribution is 0.148. The molecule has 2 N–H and O–H groups in total. The lowest BCUT2D eigenvalue weighted by Crippen LogP contribution is -2.05. The van der Waals surface area contributed by atoms with Crippen LogP contribution in [0, 0.1) is 11.3 Å². The van der Waals surface area contributed by atoms with Gasteiger partial charge in [0.05, 0.1) is 6.10 Å². The van der Waals surface area contributed by atoms with Crippen LogP contribution in [0.25, 0.3) is 0 Å². The molecule has 0 spiro atoms. The SMILES string of the molecule is COC1C(CN)C1(C)C.